The van der Waals surface area contributed by atoms with Gasteiger partial charge in [0.25, 0.3) is 0 Å². The maximum Gasteiger partial charge on any atom is 0.412 e. The highest BCUT2D eigenvalue weighted by Gasteiger charge is 2.19. The predicted molar refractivity (Wildman–Crippen MR) is 73.4 cm³/mol. The summed E-state index contributed by atoms with van der Waals surface area (Å²) in [5.41, 5.74) is 0. The fraction of sp³-hybridized carbons (Fsp3) is 0.500. The lowest BCUT2D eigenvalue weighted by atomic mass is 9.87. The third kappa shape index (κ3) is 4.73. The molecule has 1 fully saturated rings. The van der Waals surface area contributed by atoms with Crippen LogP contribution in [-0.2, 0) is 0 Å². The second-order valence-corrected chi connectivity index (χ2v) is 5.34. The van der Waals surface area contributed by atoms with E-state index in [-0.39, 0.29) is 6.10 Å². The average molecular weight is 284 g/mol. The number of carbonyl (C=O) groups excluding carboxylic acids is 1. The normalized spacial score (nSPS) is 22.8. The molecule has 0 unspecified atom stereocenters. The molecule has 104 valence electrons. The Hall–Kier alpha value is -1.26. The summed E-state index contributed by atoms with van der Waals surface area (Å²) in [4.78, 5) is 11.6. The number of ether oxygens (including phenoxy) is 1. The fourth-order valence-electron chi connectivity index (χ4n) is 2.22. The third-order valence-electron chi connectivity index (χ3n) is 3.38. The zero-order valence-corrected chi connectivity index (χ0v) is 11.4. The molecule has 1 aliphatic rings. The fourth-order valence-corrected chi connectivity index (χ4v) is 2.35. The van der Waals surface area contributed by atoms with Crippen LogP contribution in [0.1, 0.15) is 25.7 Å². The van der Waals surface area contributed by atoms with Crippen molar-refractivity contribution in [3.05, 3.63) is 29.3 Å². The van der Waals surface area contributed by atoms with Crippen LogP contribution in [0.4, 0.5) is 4.79 Å². The van der Waals surface area contributed by atoms with Crippen LogP contribution in [0.5, 0.6) is 5.75 Å². The van der Waals surface area contributed by atoms with Crippen LogP contribution in [0.3, 0.4) is 0 Å². The summed E-state index contributed by atoms with van der Waals surface area (Å²) in [6, 6.07) is 6.65. The molecule has 2 N–H and O–H groups in total. The largest absolute Gasteiger partial charge is 0.412 e. The second-order valence-electron chi connectivity index (χ2n) is 4.90. The molecule has 0 saturated heterocycles. The van der Waals surface area contributed by atoms with Crippen LogP contribution in [-0.4, -0.2) is 23.8 Å². The first-order valence-electron chi connectivity index (χ1n) is 6.53. The van der Waals surface area contributed by atoms with Crippen molar-refractivity contribution >= 4 is 17.7 Å². The molecule has 19 heavy (non-hydrogen) atoms. The van der Waals surface area contributed by atoms with Crippen molar-refractivity contribution in [2.45, 2.75) is 31.8 Å². The van der Waals surface area contributed by atoms with Crippen LogP contribution >= 0.6 is 11.6 Å². The zero-order valence-electron chi connectivity index (χ0n) is 10.6. The molecule has 0 radical (unpaired) electrons. The Morgan fingerprint density at radius 2 is 1.89 bits per heavy atom. The molecule has 4 nitrogen and oxygen atoms in total. The van der Waals surface area contributed by atoms with Gasteiger partial charge in [0, 0.05) is 11.6 Å². The van der Waals surface area contributed by atoms with Crippen LogP contribution < -0.4 is 10.1 Å². The highest BCUT2D eigenvalue weighted by Crippen LogP contribution is 2.23. The summed E-state index contributed by atoms with van der Waals surface area (Å²) in [6.45, 7) is 0.596. The summed E-state index contributed by atoms with van der Waals surface area (Å²) >= 11 is 5.75. The van der Waals surface area contributed by atoms with E-state index in [1.807, 2.05) is 0 Å². The highest BCUT2D eigenvalue weighted by molar-refractivity contribution is 6.30. The van der Waals surface area contributed by atoms with E-state index in [4.69, 9.17) is 16.3 Å². The van der Waals surface area contributed by atoms with E-state index < -0.39 is 6.09 Å². The van der Waals surface area contributed by atoms with E-state index in [1.54, 1.807) is 24.3 Å². The Kier molecular flexibility index (Phi) is 5.05. The molecule has 0 heterocycles. The topological polar surface area (TPSA) is 58.6 Å². The van der Waals surface area contributed by atoms with Crippen LogP contribution in [0.2, 0.25) is 5.02 Å². The third-order valence-corrected chi connectivity index (χ3v) is 3.63. The minimum absolute atomic E-state index is 0.169. The van der Waals surface area contributed by atoms with E-state index in [0.717, 1.165) is 25.7 Å². The summed E-state index contributed by atoms with van der Waals surface area (Å²) < 4.78 is 5.12. The van der Waals surface area contributed by atoms with Crippen molar-refractivity contribution in [3.8, 4) is 5.75 Å². The molecule has 0 aromatic heterocycles. The zero-order chi connectivity index (χ0) is 13.7. The molecule has 0 aliphatic heterocycles. The number of carbonyl (C=O) groups is 1. The molecule has 2 rings (SSSR count). The van der Waals surface area contributed by atoms with E-state index in [9.17, 15) is 9.90 Å². The Labute approximate surface area is 117 Å². The lowest BCUT2D eigenvalue weighted by Crippen LogP contribution is -2.33. The highest BCUT2D eigenvalue weighted by atomic mass is 35.5. The van der Waals surface area contributed by atoms with Gasteiger partial charge in [0.05, 0.1) is 6.10 Å². The maximum atomic E-state index is 11.6. The number of hydrogen-bond donors (Lipinski definition) is 2. The summed E-state index contributed by atoms with van der Waals surface area (Å²) in [6.07, 6.45) is 2.91. The van der Waals surface area contributed by atoms with Gasteiger partial charge in [0.2, 0.25) is 0 Å². The number of halogens is 1. The summed E-state index contributed by atoms with van der Waals surface area (Å²) in [5.74, 6) is 0.905. The van der Waals surface area contributed by atoms with Crippen LogP contribution in [0.15, 0.2) is 24.3 Å². The van der Waals surface area contributed by atoms with E-state index in [0.29, 0.717) is 23.2 Å². The Morgan fingerprint density at radius 1 is 1.26 bits per heavy atom. The van der Waals surface area contributed by atoms with E-state index in [1.165, 1.54) is 0 Å². The Morgan fingerprint density at radius 3 is 2.53 bits per heavy atom. The Balaban J connectivity index is 1.71. The van der Waals surface area contributed by atoms with Gasteiger partial charge >= 0.3 is 6.09 Å². The lowest BCUT2D eigenvalue weighted by Gasteiger charge is -2.25. The minimum atomic E-state index is -0.451. The molecule has 1 amide bonds. The monoisotopic (exact) mass is 283 g/mol. The van der Waals surface area contributed by atoms with Gasteiger partial charge in [-0.1, -0.05) is 11.6 Å². The van der Waals surface area contributed by atoms with E-state index in [2.05, 4.69) is 5.32 Å². The van der Waals surface area contributed by atoms with Crippen molar-refractivity contribution in [2.24, 2.45) is 5.92 Å². The average Bonchev–Trinajstić information content (AvgIpc) is 2.41. The number of benzene rings is 1. The van der Waals surface area contributed by atoms with Gasteiger partial charge in [-0.2, -0.15) is 0 Å². The van der Waals surface area contributed by atoms with Gasteiger partial charge in [0.15, 0.2) is 0 Å². The molecular weight excluding hydrogens is 266 g/mol. The maximum absolute atomic E-state index is 11.6. The molecule has 1 aliphatic carbocycles. The Bertz CT molecular complexity index is 413. The standard InChI is InChI=1S/C14H18ClNO3/c15-11-3-7-13(8-4-11)19-14(18)16-9-10-1-5-12(17)6-2-10/h3-4,7-8,10,12,17H,1-2,5-6,9H2,(H,16,18). The first-order valence-corrected chi connectivity index (χ1v) is 6.90. The first-order chi connectivity index (χ1) is 9.13. The first kappa shape index (κ1) is 14.2. The number of rotatable bonds is 3. The van der Waals surface area contributed by atoms with Gasteiger partial charge in [-0.25, -0.2) is 4.79 Å². The van der Waals surface area contributed by atoms with E-state index >= 15 is 0 Å². The van der Waals surface area contributed by atoms with Crippen molar-refractivity contribution in [2.75, 3.05) is 6.54 Å². The molecule has 5 heteroatoms. The number of amides is 1. The molecular formula is C14H18ClNO3. The number of aliphatic hydroxyl groups is 1. The minimum Gasteiger partial charge on any atom is -0.410 e. The van der Waals surface area contributed by atoms with Gasteiger partial charge < -0.3 is 15.2 Å². The SMILES string of the molecule is O=C(NCC1CCC(O)CC1)Oc1ccc(Cl)cc1. The van der Waals surface area contributed by atoms with Crippen molar-refractivity contribution in [1.82, 2.24) is 5.32 Å². The molecule has 0 bridgehead atoms. The molecule has 1 aromatic rings. The molecule has 0 spiro atoms. The van der Waals surface area contributed by atoms with Gasteiger partial charge in [-0.3, -0.25) is 0 Å². The smallest absolute Gasteiger partial charge is 0.410 e. The van der Waals surface area contributed by atoms with Crippen molar-refractivity contribution in [3.63, 3.8) is 0 Å². The predicted octanol–water partition coefficient (Wildman–Crippen LogP) is 2.98. The lowest BCUT2D eigenvalue weighted by molar-refractivity contribution is 0.108. The number of aliphatic hydroxyl groups excluding tert-OH is 1. The number of hydrogen-bond acceptors (Lipinski definition) is 3. The van der Waals surface area contributed by atoms with Crippen LogP contribution in [0.25, 0.3) is 0 Å². The summed E-state index contributed by atoms with van der Waals surface area (Å²) in [7, 11) is 0. The molecule has 0 atom stereocenters. The summed E-state index contributed by atoms with van der Waals surface area (Å²) in [5, 5.41) is 12.8. The number of nitrogens with one attached hydrogen (secondary N) is 1. The molecule has 1 saturated carbocycles. The van der Waals surface area contributed by atoms with Crippen LogP contribution in [0, 0.1) is 5.92 Å². The second kappa shape index (κ2) is 6.78. The van der Waals surface area contributed by atoms with Gasteiger partial charge in [-0.05, 0) is 55.9 Å². The van der Waals surface area contributed by atoms with Crippen molar-refractivity contribution < 1.29 is 14.6 Å². The van der Waals surface area contributed by atoms with Crippen molar-refractivity contribution in [1.29, 1.82) is 0 Å². The molecule has 1 aromatic carbocycles. The quantitative estimate of drug-likeness (QED) is 0.896. The van der Waals surface area contributed by atoms with Gasteiger partial charge in [0.1, 0.15) is 5.75 Å². The van der Waals surface area contributed by atoms with Gasteiger partial charge in [-0.15, -0.1) is 0 Å².